The van der Waals surface area contributed by atoms with Crippen molar-refractivity contribution >= 4 is 17.8 Å². The second-order valence-corrected chi connectivity index (χ2v) is 6.08. The van der Waals surface area contributed by atoms with Crippen LogP contribution >= 0.6 is 0 Å². The van der Waals surface area contributed by atoms with Gasteiger partial charge in [-0.15, -0.1) is 10.2 Å². The number of aromatic nitrogens is 1. The molecule has 0 aliphatic heterocycles. The molecule has 0 unspecified atom stereocenters. The highest BCUT2D eigenvalue weighted by molar-refractivity contribution is 5.93. The zero-order valence-electron chi connectivity index (χ0n) is 14.5. The molecule has 0 bridgehead atoms. The number of hydrogen-bond acceptors (Lipinski definition) is 7. The van der Waals surface area contributed by atoms with E-state index < -0.39 is 16.2 Å². The summed E-state index contributed by atoms with van der Waals surface area (Å²) in [7, 11) is -0.949. The molecule has 0 saturated heterocycles. The smallest absolute Gasteiger partial charge is 0.255 e. The Labute approximate surface area is 153 Å². The molecule has 26 heavy (non-hydrogen) atoms. The Morgan fingerprint density at radius 1 is 1.15 bits per heavy atom. The maximum absolute atomic E-state index is 11.3. The second-order valence-electron chi connectivity index (χ2n) is 5.32. The van der Waals surface area contributed by atoms with E-state index in [4.69, 9.17) is 24.4 Å². The van der Waals surface area contributed by atoms with E-state index in [1.165, 1.54) is 0 Å². The summed E-state index contributed by atoms with van der Waals surface area (Å²) in [6.45, 7) is 1.81. The Morgan fingerprint density at radius 3 is 2.15 bits per heavy atom. The van der Waals surface area contributed by atoms with Crippen LogP contribution in [0, 0.1) is 17.2 Å². The van der Waals surface area contributed by atoms with Gasteiger partial charge in [-0.05, 0) is 28.9 Å². The van der Waals surface area contributed by atoms with Gasteiger partial charge in [0.2, 0.25) is 11.9 Å². The van der Waals surface area contributed by atoms with Crippen molar-refractivity contribution in [1.82, 2.24) is 0 Å². The van der Waals surface area contributed by atoms with Gasteiger partial charge in [-0.25, -0.2) is 18.6 Å². The molecule has 140 valence electrons. The Hall–Kier alpha value is -2.56. The summed E-state index contributed by atoms with van der Waals surface area (Å²) >= 11 is 0. The molecule has 9 nitrogen and oxygen atoms in total. The molecule has 2 aromatic rings. The van der Waals surface area contributed by atoms with Crippen molar-refractivity contribution < 1.29 is 38.3 Å². The van der Waals surface area contributed by atoms with Crippen LogP contribution in [0.4, 0.5) is 5.69 Å². The van der Waals surface area contributed by atoms with Crippen LogP contribution in [0.1, 0.15) is 21.6 Å². The largest absolute Gasteiger partial charge is 0.378 e. The molecule has 1 aromatic heterocycles. The number of rotatable bonds is 4. The van der Waals surface area contributed by atoms with E-state index in [9.17, 15) is 4.79 Å². The highest BCUT2D eigenvalue weighted by atomic mass is 35.7. The molecule has 0 atom stereocenters. The lowest BCUT2D eigenvalue weighted by molar-refractivity contribution is -2.00. The van der Waals surface area contributed by atoms with Crippen molar-refractivity contribution in [1.29, 1.82) is 0 Å². The molecule has 1 amide bonds. The van der Waals surface area contributed by atoms with Crippen LogP contribution < -0.4 is 33.9 Å². The number of amides is 1. The van der Waals surface area contributed by atoms with Crippen molar-refractivity contribution in [3.63, 3.8) is 0 Å². The number of nitrogens with zero attached hydrogens (tertiary/aromatic N) is 3. The number of carbonyl (C=O) groups excluding carboxylic acids is 1. The molecule has 0 spiro atoms. The standard InChI is InChI=1S/C16H18N4O.ClHO4/c1-12-15(16(17)21)5-4-10-20(12)18-11-13-6-8-14(9-7-13)19(2)3;2-1(3,4)5/h4-11H,1-3H3,(H-,17,21);(H,2,3,4,5)/b18-11+;. The fourth-order valence-corrected chi connectivity index (χ4v) is 1.95. The van der Waals surface area contributed by atoms with Crippen LogP contribution in [0.5, 0.6) is 0 Å². The van der Waals surface area contributed by atoms with Crippen LogP contribution in [0.25, 0.3) is 0 Å². The van der Waals surface area contributed by atoms with Crippen LogP contribution in [0.3, 0.4) is 0 Å². The third kappa shape index (κ3) is 7.55. The lowest BCUT2D eigenvalue weighted by Gasteiger charge is -2.17. The Bertz CT molecular complexity index is 767. The second kappa shape index (κ2) is 9.22. The minimum absolute atomic E-state index is 0.451. The Kier molecular flexibility index (Phi) is 7.62. The number of pyridine rings is 1. The fraction of sp³-hybridized carbons (Fsp3) is 0.188. The third-order valence-electron chi connectivity index (χ3n) is 3.23. The molecule has 0 radical (unpaired) electrons. The van der Waals surface area contributed by atoms with Crippen LogP contribution in [0.15, 0.2) is 47.7 Å². The summed E-state index contributed by atoms with van der Waals surface area (Å²) in [5.74, 6) is -0.451. The maximum Gasteiger partial charge on any atom is 0.255 e. The molecule has 0 aliphatic carbocycles. The fourth-order valence-electron chi connectivity index (χ4n) is 1.95. The molecule has 0 aliphatic rings. The number of halogens is 1. The minimum atomic E-state index is -4.94. The number of primary amides is 1. The average Bonchev–Trinajstić information content (AvgIpc) is 2.52. The lowest BCUT2D eigenvalue weighted by atomic mass is 10.2. The van der Waals surface area contributed by atoms with Gasteiger partial charge in [-0.2, -0.15) is 0 Å². The van der Waals surface area contributed by atoms with Crippen molar-refractivity contribution in [3.05, 3.63) is 59.4 Å². The van der Waals surface area contributed by atoms with Gasteiger partial charge >= 0.3 is 0 Å². The first kappa shape index (κ1) is 21.5. The highest BCUT2D eigenvalue weighted by Gasteiger charge is 2.14. The van der Waals surface area contributed by atoms with E-state index >= 15 is 0 Å². The number of benzene rings is 1. The molecule has 2 rings (SSSR count). The molecule has 1 heterocycles. The summed E-state index contributed by atoms with van der Waals surface area (Å²) in [5, 5.41) is 4.36. The number of hydrogen-bond donors (Lipinski definition) is 1. The van der Waals surface area contributed by atoms with Crippen molar-refractivity contribution in [2.75, 3.05) is 19.0 Å². The zero-order chi connectivity index (χ0) is 19.9. The van der Waals surface area contributed by atoms with E-state index in [2.05, 4.69) is 5.10 Å². The number of nitrogens with two attached hydrogens (primary N) is 1. The highest BCUT2D eigenvalue weighted by Crippen LogP contribution is 2.10. The zero-order valence-corrected chi connectivity index (χ0v) is 15.2. The van der Waals surface area contributed by atoms with E-state index in [-0.39, 0.29) is 0 Å². The molecule has 0 fully saturated rings. The summed E-state index contributed by atoms with van der Waals surface area (Å²) in [4.78, 5) is 13.3. The summed E-state index contributed by atoms with van der Waals surface area (Å²) in [6.07, 6.45) is 3.53. The predicted octanol–water partition coefficient (Wildman–Crippen LogP) is -3.43. The summed E-state index contributed by atoms with van der Waals surface area (Å²) in [5.41, 5.74) is 8.63. The van der Waals surface area contributed by atoms with Gasteiger partial charge < -0.3 is 10.6 Å². The van der Waals surface area contributed by atoms with Crippen molar-refractivity contribution in [2.45, 2.75) is 6.92 Å². The molecular weight excluding hydrogens is 364 g/mol. The maximum atomic E-state index is 11.3. The van der Waals surface area contributed by atoms with Crippen LogP contribution in [-0.4, -0.2) is 26.2 Å². The van der Waals surface area contributed by atoms with E-state index in [1.54, 1.807) is 29.2 Å². The topological polar surface area (TPSA) is 155 Å². The lowest BCUT2D eigenvalue weighted by Crippen LogP contribution is -2.68. The Morgan fingerprint density at radius 2 is 1.69 bits per heavy atom. The molecule has 2 N–H and O–H groups in total. The van der Waals surface area contributed by atoms with Gasteiger partial charge in [0.15, 0.2) is 0 Å². The van der Waals surface area contributed by atoms with Crippen molar-refractivity contribution in [2.24, 2.45) is 10.8 Å². The third-order valence-corrected chi connectivity index (χ3v) is 3.23. The van der Waals surface area contributed by atoms with Gasteiger partial charge in [0.05, 0.1) is 0 Å². The Balaban J connectivity index is 0.000000597. The van der Waals surface area contributed by atoms with Crippen molar-refractivity contribution in [3.8, 4) is 0 Å². The molecule has 0 saturated carbocycles. The van der Waals surface area contributed by atoms with E-state index in [0.29, 0.717) is 11.3 Å². The van der Waals surface area contributed by atoms with Gasteiger partial charge in [0, 0.05) is 32.8 Å². The number of anilines is 1. The van der Waals surface area contributed by atoms with Gasteiger partial charge in [0.1, 0.15) is 11.8 Å². The minimum Gasteiger partial charge on any atom is -0.378 e. The van der Waals surface area contributed by atoms with Gasteiger partial charge in [-0.1, -0.05) is 16.8 Å². The average molecular weight is 383 g/mol. The van der Waals surface area contributed by atoms with Crippen LogP contribution in [-0.2, 0) is 0 Å². The molecule has 10 heteroatoms. The summed E-state index contributed by atoms with van der Waals surface area (Å²) < 4.78 is 35.6. The predicted molar refractivity (Wildman–Crippen MR) is 83.7 cm³/mol. The SMILES string of the molecule is Cc1c(C(N)=O)ccc[n+]1/N=C/c1ccc(N(C)C)cc1.[O-][Cl+3]([O-])([O-])[O-]. The van der Waals surface area contributed by atoms with Gasteiger partial charge in [0.25, 0.3) is 5.91 Å². The van der Waals surface area contributed by atoms with Gasteiger partial charge in [-0.3, -0.25) is 4.79 Å². The first-order chi connectivity index (χ1) is 12.0. The normalized spacial score (nSPS) is 11.0. The molecular formula is C16H19ClN4O5. The van der Waals surface area contributed by atoms with E-state index in [0.717, 1.165) is 11.3 Å². The monoisotopic (exact) mass is 382 g/mol. The first-order valence-electron chi connectivity index (χ1n) is 7.23. The summed E-state index contributed by atoms with van der Waals surface area (Å²) in [6, 6.07) is 11.5. The molecule has 1 aromatic carbocycles. The van der Waals surface area contributed by atoms with Crippen LogP contribution in [0.2, 0.25) is 0 Å². The first-order valence-corrected chi connectivity index (χ1v) is 8.47. The quantitative estimate of drug-likeness (QED) is 0.428. The van der Waals surface area contributed by atoms with E-state index in [1.807, 2.05) is 50.2 Å². The number of carbonyl (C=O) groups is 1.